The first-order valence-electron chi connectivity index (χ1n) is 6.53. The van der Waals surface area contributed by atoms with Gasteiger partial charge in [-0.2, -0.15) is 0 Å². The molecule has 4 heteroatoms. The molecule has 0 saturated carbocycles. The van der Waals surface area contributed by atoms with Crippen LogP contribution >= 0.6 is 0 Å². The van der Waals surface area contributed by atoms with Gasteiger partial charge in [-0.15, -0.1) is 0 Å². The lowest BCUT2D eigenvalue weighted by molar-refractivity contribution is -0.121. The van der Waals surface area contributed by atoms with Gasteiger partial charge in [0.2, 0.25) is 5.91 Å². The summed E-state index contributed by atoms with van der Waals surface area (Å²) in [5.74, 6) is 1.01. The first-order chi connectivity index (χ1) is 7.93. The zero-order valence-corrected chi connectivity index (χ0v) is 11.7. The fourth-order valence-electron chi connectivity index (χ4n) is 1.21. The van der Waals surface area contributed by atoms with E-state index in [1.165, 1.54) is 0 Å². The van der Waals surface area contributed by atoms with Crippen LogP contribution in [0.25, 0.3) is 0 Å². The number of hydrogen-bond donors (Lipinski definition) is 2. The standard InChI is InChI=1S/C13H28N2O2/c1-10(2)5-7-17-8-6-15-13(16)9-12(14)11(3)4/h10-12H,5-9,14H2,1-4H3,(H,15,16). The van der Waals surface area contributed by atoms with Gasteiger partial charge in [0.1, 0.15) is 0 Å². The van der Waals surface area contributed by atoms with Gasteiger partial charge >= 0.3 is 0 Å². The lowest BCUT2D eigenvalue weighted by Crippen LogP contribution is -2.36. The Labute approximate surface area is 105 Å². The van der Waals surface area contributed by atoms with E-state index in [0.717, 1.165) is 13.0 Å². The largest absolute Gasteiger partial charge is 0.380 e. The highest BCUT2D eigenvalue weighted by Crippen LogP contribution is 2.02. The minimum atomic E-state index is -0.0585. The maximum Gasteiger partial charge on any atom is 0.221 e. The summed E-state index contributed by atoms with van der Waals surface area (Å²) >= 11 is 0. The van der Waals surface area contributed by atoms with E-state index >= 15 is 0 Å². The van der Waals surface area contributed by atoms with Crippen LogP contribution in [0.1, 0.15) is 40.5 Å². The molecular formula is C13H28N2O2. The third-order valence-electron chi connectivity index (χ3n) is 2.69. The predicted octanol–water partition coefficient (Wildman–Crippen LogP) is 1.54. The number of nitrogens with two attached hydrogens (primary N) is 1. The number of nitrogens with one attached hydrogen (secondary N) is 1. The van der Waals surface area contributed by atoms with Gasteiger partial charge in [-0.3, -0.25) is 4.79 Å². The van der Waals surface area contributed by atoms with Gasteiger partial charge in [-0.25, -0.2) is 0 Å². The van der Waals surface area contributed by atoms with E-state index in [0.29, 0.717) is 31.4 Å². The molecule has 1 amide bonds. The van der Waals surface area contributed by atoms with E-state index in [2.05, 4.69) is 19.2 Å². The molecule has 4 nitrogen and oxygen atoms in total. The maximum absolute atomic E-state index is 11.5. The molecule has 0 aromatic heterocycles. The van der Waals surface area contributed by atoms with Crippen molar-refractivity contribution in [1.29, 1.82) is 0 Å². The van der Waals surface area contributed by atoms with E-state index in [4.69, 9.17) is 10.5 Å². The van der Waals surface area contributed by atoms with Crippen molar-refractivity contribution in [2.24, 2.45) is 17.6 Å². The zero-order valence-electron chi connectivity index (χ0n) is 11.7. The Kier molecular flexibility index (Phi) is 9.09. The quantitative estimate of drug-likeness (QED) is 0.605. The fourth-order valence-corrected chi connectivity index (χ4v) is 1.21. The molecule has 102 valence electrons. The van der Waals surface area contributed by atoms with Crippen LogP contribution in [0, 0.1) is 11.8 Å². The second-order valence-corrected chi connectivity index (χ2v) is 5.26. The smallest absolute Gasteiger partial charge is 0.221 e. The highest BCUT2D eigenvalue weighted by atomic mass is 16.5. The van der Waals surface area contributed by atoms with Gasteiger partial charge < -0.3 is 15.8 Å². The first kappa shape index (κ1) is 16.4. The lowest BCUT2D eigenvalue weighted by atomic mass is 10.0. The number of rotatable bonds is 9. The van der Waals surface area contributed by atoms with Crippen LogP contribution in [0.15, 0.2) is 0 Å². The summed E-state index contributed by atoms with van der Waals surface area (Å²) in [6, 6.07) is -0.0585. The van der Waals surface area contributed by atoms with Crippen LogP contribution < -0.4 is 11.1 Å². The van der Waals surface area contributed by atoms with Crippen molar-refractivity contribution in [2.75, 3.05) is 19.8 Å². The molecule has 1 atom stereocenters. The Morgan fingerprint density at radius 1 is 1.24 bits per heavy atom. The fraction of sp³-hybridized carbons (Fsp3) is 0.923. The normalized spacial score (nSPS) is 13.1. The van der Waals surface area contributed by atoms with E-state index in [-0.39, 0.29) is 11.9 Å². The van der Waals surface area contributed by atoms with Crippen molar-refractivity contribution in [3.63, 3.8) is 0 Å². The minimum absolute atomic E-state index is 0.0126. The number of amides is 1. The first-order valence-corrected chi connectivity index (χ1v) is 6.53. The van der Waals surface area contributed by atoms with Crippen LogP contribution in [0.3, 0.4) is 0 Å². The Bertz CT molecular complexity index is 206. The molecule has 0 saturated heterocycles. The van der Waals surface area contributed by atoms with Crippen LogP contribution in [0.2, 0.25) is 0 Å². The second kappa shape index (κ2) is 9.42. The summed E-state index contributed by atoms with van der Waals surface area (Å²) in [6.45, 7) is 10.3. The summed E-state index contributed by atoms with van der Waals surface area (Å²) in [6.07, 6.45) is 1.45. The molecule has 0 fully saturated rings. The molecular weight excluding hydrogens is 216 g/mol. The highest BCUT2D eigenvalue weighted by molar-refractivity contribution is 5.76. The molecule has 0 aliphatic heterocycles. The van der Waals surface area contributed by atoms with Crippen molar-refractivity contribution in [3.05, 3.63) is 0 Å². The zero-order chi connectivity index (χ0) is 13.3. The molecule has 17 heavy (non-hydrogen) atoms. The van der Waals surface area contributed by atoms with Gasteiger partial charge in [0.25, 0.3) is 0 Å². The molecule has 1 unspecified atom stereocenters. The van der Waals surface area contributed by atoms with Crippen LogP contribution in [0.5, 0.6) is 0 Å². The van der Waals surface area contributed by atoms with Crippen molar-refractivity contribution >= 4 is 5.91 Å². The SMILES string of the molecule is CC(C)CCOCCNC(=O)CC(N)C(C)C. The van der Waals surface area contributed by atoms with Gasteiger partial charge in [-0.1, -0.05) is 27.7 Å². The molecule has 0 heterocycles. The van der Waals surface area contributed by atoms with Crippen molar-refractivity contribution in [1.82, 2.24) is 5.32 Å². The molecule has 0 spiro atoms. The summed E-state index contributed by atoms with van der Waals surface area (Å²) in [4.78, 5) is 11.5. The Hall–Kier alpha value is -0.610. The van der Waals surface area contributed by atoms with E-state index in [1.807, 2.05) is 13.8 Å². The Morgan fingerprint density at radius 2 is 1.88 bits per heavy atom. The molecule has 0 aromatic carbocycles. The number of ether oxygens (including phenoxy) is 1. The van der Waals surface area contributed by atoms with Crippen LogP contribution in [-0.4, -0.2) is 31.7 Å². The number of carbonyl (C=O) groups excluding carboxylic acids is 1. The van der Waals surface area contributed by atoms with Crippen molar-refractivity contribution in [3.8, 4) is 0 Å². The molecule has 0 aliphatic rings. The van der Waals surface area contributed by atoms with E-state index in [1.54, 1.807) is 0 Å². The summed E-state index contributed by atoms with van der Waals surface area (Å²) in [5.41, 5.74) is 5.81. The molecule has 0 bridgehead atoms. The van der Waals surface area contributed by atoms with Crippen molar-refractivity contribution < 1.29 is 9.53 Å². The second-order valence-electron chi connectivity index (χ2n) is 5.26. The minimum Gasteiger partial charge on any atom is -0.380 e. The summed E-state index contributed by atoms with van der Waals surface area (Å²) < 4.78 is 5.40. The van der Waals surface area contributed by atoms with Crippen LogP contribution in [-0.2, 0) is 9.53 Å². The highest BCUT2D eigenvalue weighted by Gasteiger charge is 2.12. The predicted molar refractivity (Wildman–Crippen MR) is 70.7 cm³/mol. The average molecular weight is 244 g/mol. The third-order valence-corrected chi connectivity index (χ3v) is 2.69. The van der Waals surface area contributed by atoms with Crippen molar-refractivity contribution in [2.45, 2.75) is 46.6 Å². The number of carbonyl (C=O) groups is 1. The Morgan fingerprint density at radius 3 is 2.41 bits per heavy atom. The monoisotopic (exact) mass is 244 g/mol. The molecule has 0 rings (SSSR count). The van der Waals surface area contributed by atoms with Crippen LogP contribution in [0.4, 0.5) is 0 Å². The van der Waals surface area contributed by atoms with Gasteiger partial charge in [0.05, 0.1) is 6.61 Å². The molecule has 0 aliphatic carbocycles. The maximum atomic E-state index is 11.5. The van der Waals surface area contributed by atoms with E-state index in [9.17, 15) is 4.79 Å². The molecule has 0 radical (unpaired) electrons. The topological polar surface area (TPSA) is 64.3 Å². The Balaban J connectivity index is 3.39. The third kappa shape index (κ3) is 10.3. The molecule has 3 N–H and O–H groups in total. The van der Waals surface area contributed by atoms with Gasteiger partial charge in [0.15, 0.2) is 0 Å². The van der Waals surface area contributed by atoms with Gasteiger partial charge in [-0.05, 0) is 18.3 Å². The average Bonchev–Trinajstić information content (AvgIpc) is 2.22. The molecule has 0 aromatic rings. The van der Waals surface area contributed by atoms with Gasteiger partial charge in [0, 0.05) is 25.6 Å². The van der Waals surface area contributed by atoms with E-state index < -0.39 is 0 Å². The summed E-state index contributed by atoms with van der Waals surface area (Å²) in [7, 11) is 0. The lowest BCUT2D eigenvalue weighted by Gasteiger charge is -2.15. The summed E-state index contributed by atoms with van der Waals surface area (Å²) in [5, 5.41) is 2.81. The number of hydrogen-bond acceptors (Lipinski definition) is 3.